The molecule has 2 nitrogen and oxygen atoms in total. The van der Waals surface area contributed by atoms with Gasteiger partial charge in [0.1, 0.15) is 0 Å². The number of hydrogen-bond donors (Lipinski definition) is 0. The van der Waals surface area contributed by atoms with Crippen LogP contribution in [0.4, 0.5) is 0 Å². The number of rotatable bonds is 80. The summed E-state index contributed by atoms with van der Waals surface area (Å²) in [5.41, 5.74) is 27.2. The highest BCUT2D eigenvalue weighted by molar-refractivity contribution is 5.82. The maximum Gasteiger partial charge on any atom is 0.211 e. The first-order valence-electron chi connectivity index (χ1n) is 47.7. The van der Waals surface area contributed by atoms with Crippen molar-refractivity contribution in [3.8, 4) is 0 Å². The maximum atomic E-state index is 13.4. The average Bonchev–Trinajstić information content (AvgIpc) is 1.60. The Hall–Kier alpha value is -2.48. The minimum atomic E-state index is 1.06. The molecule has 1 aliphatic rings. The summed E-state index contributed by atoms with van der Waals surface area (Å²) in [6.07, 6.45) is 107. The van der Waals surface area contributed by atoms with Gasteiger partial charge in [-0.05, 0) is 124 Å². The Morgan fingerprint density at radius 1 is 0.167 bits per heavy atom. The first kappa shape index (κ1) is 93.7. The smallest absolute Gasteiger partial charge is 0.211 e. The van der Waals surface area contributed by atoms with E-state index in [9.17, 15) is 5.53 Å². The average molecular weight is 1410 g/mol. The zero-order valence-electron chi connectivity index (χ0n) is 70.5. The summed E-state index contributed by atoms with van der Waals surface area (Å²) in [5, 5.41) is 0. The van der Waals surface area contributed by atoms with Crippen LogP contribution in [-0.4, -0.2) is 4.70 Å². The van der Waals surface area contributed by atoms with Crippen molar-refractivity contribution in [2.45, 2.75) is 542 Å². The zero-order chi connectivity index (χ0) is 72.7. The lowest BCUT2D eigenvalue weighted by Crippen LogP contribution is -2.05. The molecule has 0 fully saturated rings. The molecule has 0 saturated heterocycles. The van der Waals surface area contributed by atoms with Crippen LogP contribution in [0.2, 0.25) is 0 Å². The summed E-state index contributed by atoms with van der Waals surface area (Å²) >= 11 is 0. The third-order valence-corrected chi connectivity index (χ3v) is 23.8. The number of hydrogen-bond acceptors (Lipinski definition) is 0. The first-order valence-corrected chi connectivity index (χ1v) is 47.7. The molecule has 0 saturated carbocycles. The highest BCUT2D eigenvalue weighted by Crippen LogP contribution is 2.46. The van der Waals surface area contributed by atoms with Gasteiger partial charge in [0.2, 0.25) is 11.4 Å². The predicted octanol–water partition coefficient (Wildman–Crippen LogP) is 36.0. The van der Waals surface area contributed by atoms with Gasteiger partial charge in [-0.25, -0.2) is 4.70 Å². The minimum Gasteiger partial charge on any atom is -0.493 e. The Morgan fingerprint density at radius 3 is 0.451 bits per heavy atom. The second kappa shape index (κ2) is 71.4. The van der Waals surface area contributed by atoms with Gasteiger partial charge in [0.15, 0.2) is 0 Å². The molecule has 3 rings (SSSR count). The van der Waals surface area contributed by atoms with E-state index in [1.165, 1.54) is 507 Å². The molecule has 102 heavy (non-hydrogen) atoms. The van der Waals surface area contributed by atoms with Crippen molar-refractivity contribution >= 4 is 11.4 Å². The molecule has 0 bridgehead atoms. The van der Waals surface area contributed by atoms with Crippen molar-refractivity contribution in [3.63, 3.8) is 0 Å². The molecule has 0 N–H and O–H groups in total. The summed E-state index contributed by atoms with van der Waals surface area (Å²) in [5.74, 6) is 0. The molecule has 1 aliphatic heterocycles. The Bertz CT molecular complexity index is 2220. The SMILES string of the molecule is CCCCCCCCCCCCCCCCCCCCCCCCCCCc1cc(CCCCCCCC)cc(C2=C(CCCCCC)C(CCCCCCCC)=C(c3cc(CCCCCCCC)cc(CCCCCCCCCCCCCCCCCCCCCCCCCCC)c3)[N+]2=[N-])c1. The quantitative estimate of drug-likeness (QED) is 0.0466. The highest BCUT2D eigenvalue weighted by Gasteiger charge is 2.36. The largest absolute Gasteiger partial charge is 0.493 e. The van der Waals surface area contributed by atoms with Crippen LogP contribution in [0.1, 0.15) is 550 Å². The molecule has 0 aliphatic carbocycles. The number of benzene rings is 2. The summed E-state index contributed by atoms with van der Waals surface area (Å²) < 4.78 is 1.80. The topological polar surface area (TPSA) is 25.3 Å². The predicted molar refractivity (Wildman–Crippen MR) is 461 cm³/mol. The summed E-state index contributed by atoms with van der Waals surface area (Å²) in [7, 11) is 0. The number of allylic oxidation sites excluding steroid dienone is 2. The van der Waals surface area contributed by atoms with Crippen LogP contribution >= 0.6 is 0 Å². The van der Waals surface area contributed by atoms with Crippen molar-refractivity contribution in [2.75, 3.05) is 0 Å². The molecule has 0 unspecified atom stereocenters. The van der Waals surface area contributed by atoms with E-state index in [1.807, 2.05) is 0 Å². The molecule has 0 radical (unpaired) electrons. The van der Waals surface area contributed by atoms with Crippen molar-refractivity contribution in [1.82, 2.24) is 0 Å². The fourth-order valence-corrected chi connectivity index (χ4v) is 17.1. The Kier molecular flexibility index (Phi) is 65.6. The summed E-state index contributed by atoms with van der Waals surface area (Å²) in [4.78, 5) is 0. The van der Waals surface area contributed by atoms with E-state index in [0.29, 0.717) is 0 Å². The van der Waals surface area contributed by atoms with Gasteiger partial charge in [-0.3, -0.25) is 0 Å². The van der Waals surface area contributed by atoms with Crippen LogP contribution in [0.5, 0.6) is 0 Å². The molecule has 0 amide bonds. The number of aryl methyl sites for hydroxylation is 4. The number of nitrogens with zero attached hydrogens (tertiary/aromatic N) is 2. The summed E-state index contributed by atoms with van der Waals surface area (Å²) in [6, 6.07) is 15.4. The van der Waals surface area contributed by atoms with Gasteiger partial charge in [-0.2, -0.15) is 0 Å². The molecular weight excluding hydrogens is 1230 g/mol. The van der Waals surface area contributed by atoms with Crippen LogP contribution in [0.15, 0.2) is 47.5 Å². The molecule has 0 atom stereocenters. The van der Waals surface area contributed by atoms with Crippen LogP contribution in [0.25, 0.3) is 16.9 Å². The Morgan fingerprint density at radius 2 is 0.294 bits per heavy atom. The Labute approximate surface area is 641 Å². The lowest BCUT2D eigenvalue weighted by Gasteiger charge is -2.15. The van der Waals surface area contributed by atoms with E-state index in [2.05, 4.69) is 77.9 Å². The van der Waals surface area contributed by atoms with E-state index < -0.39 is 0 Å². The first-order chi connectivity index (χ1) is 50.5. The minimum absolute atomic E-state index is 1.06. The van der Waals surface area contributed by atoms with Crippen LogP contribution in [0, 0.1) is 0 Å². The van der Waals surface area contributed by atoms with Crippen molar-refractivity contribution in [2.24, 2.45) is 0 Å². The second-order valence-corrected chi connectivity index (χ2v) is 33.9. The molecular formula is C100H180N2. The highest BCUT2D eigenvalue weighted by atomic mass is 15.2. The van der Waals surface area contributed by atoms with Crippen molar-refractivity contribution in [3.05, 3.63) is 86.5 Å². The molecule has 0 spiro atoms. The van der Waals surface area contributed by atoms with E-state index >= 15 is 0 Å². The van der Waals surface area contributed by atoms with Crippen molar-refractivity contribution in [1.29, 1.82) is 0 Å². The molecule has 2 heteroatoms. The van der Waals surface area contributed by atoms with Gasteiger partial charge >= 0.3 is 0 Å². The third kappa shape index (κ3) is 51.0. The fourth-order valence-electron chi connectivity index (χ4n) is 17.1. The lowest BCUT2D eigenvalue weighted by atomic mass is 9.89. The van der Waals surface area contributed by atoms with Crippen LogP contribution < -0.4 is 0 Å². The maximum absolute atomic E-state index is 13.4. The molecule has 2 aromatic carbocycles. The normalized spacial score (nSPS) is 12.7. The molecule has 590 valence electrons. The molecule has 1 heterocycles. The second-order valence-electron chi connectivity index (χ2n) is 33.9. The molecule has 0 aromatic heterocycles. The van der Waals surface area contributed by atoms with Gasteiger partial charge in [0, 0.05) is 22.3 Å². The van der Waals surface area contributed by atoms with Gasteiger partial charge in [-0.1, -0.05) is 477 Å². The van der Waals surface area contributed by atoms with Gasteiger partial charge in [-0.15, -0.1) is 0 Å². The fraction of sp³-hybridized carbons (Fsp3) is 0.840. The van der Waals surface area contributed by atoms with E-state index in [4.69, 9.17) is 0 Å². The summed E-state index contributed by atoms with van der Waals surface area (Å²) in [6.45, 7) is 14.0. The van der Waals surface area contributed by atoms with Crippen LogP contribution in [-0.2, 0) is 25.7 Å². The van der Waals surface area contributed by atoms with Gasteiger partial charge in [0.25, 0.3) is 0 Å². The third-order valence-electron chi connectivity index (χ3n) is 23.8. The monoisotopic (exact) mass is 1410 g/mol. The van der Waals surface area contributed by atoms with Crippen molar-refractivity contribution < 1.29 is 4.70 Å². The van der Waals surface area contributed by atoms with Gasteiger partial charge in [0.05, 0.1) is 0 Å². The zero-order valence-corrected chi connectivity index (χ0v) is 70.5. The number of unbranched alkanes of at least 4 members (excludes halogenated alkanes) is 66. The van der Waals surface area contributed by atoms with E-state index in [1.54, 1.807) is 4.70 Å². The lowest BCUT2D eigenvalue weighted by molar-refractivity contribution is -0.345. The molecule has 2 aromatic rings. The van der Waals surface area contributed by atoms with E-state index in [-0.39, 0.29) is 0 Å². The van der Waals surface area contributed by atoms with Crippen LogP contribution in [0.3, 0.4) is 0 Å². The standard InChI is InChI=1S/C100H180N2/c1-7-13-19-25-30-32-34-36-38-40-42-44-46-48-50-52-54-56-58-60-62-64-66-70-75-81-93-85-91(79-73-68-27-21-15-9-3)87-95(89-93)99-97(83-77-24-18-12-6)98(84-78-72-29-23-17-11-5)100(102(99)101)96-88-92(80-74-69-28-22-16-10-4)86-94(90-96)82-76-71-67-65-63-61-59-57-55-53-51-49-47-45-43-41-39-37-35-33-31-26-20-14-8-2/h85-90H,7-84H2,1-6H3. The van der Waals surface area contributed by atoms with Gasteiger partial charge < -0.3 is 5.53 Å². The Balaban J connectivity index is 1.65. The van der Waals surface area contributed by atoms with E-state index in [0.717, 1.165) is 49.9 Å².